The number of hydrogen-bond donors (Lipinski definition) is 5. The van der Waals surface area contributed by atoms with Gasteiger partial charge >= 0.3 is 0 Å². The molecule has 9 nitrogen and oxygen atoms in total. The minimum Gasteiger partial charge on any atom is -0.508 e. The first-order chi connectivity index (χ1) is 10.1. The summed E-state index contributed by atoms with van der Waals surface area (Å²) in [6.45, 7) is 0.206. The third-order valence-corrected chi connectivity index (χ3v) is 2.70. The Morgan fingerprint density at radius 2 is 2.19 bits per heavy atom. The number of hydrogen-bond acceptors (Lipinski definition) is 7. The summed E-state index contributed by atoms with van der Waals surface area (Å²) in [6, 6.07) is 6.65. The summed E-state index contributed by atoms with van der Waals surface area (Å²) in [5.74, 6) is 0.381. The van der Waals surface area contributed by atoms with Crippen LogP contribution in [-0.2, 0) is 11.4 Å². The lowest BCUT2D eigenvalue weighted by molar-refractivity contribution is 0.177. The van der Waals surface area contributed by atoms with E-state index in [2.05, 4.69) is 25.4 Å². The maximum absolute atomic E-state index is 11.6. The highest BCUT2D eigenvalue weighted by Gasteiger charge is 2.08. The molecule has 0 spiro atoms. The molecule has 3 aromatic rings. The number of nitrogens with zero attached hydrogens (tertiary/aromatic N) is 2. The maximum Gasteiger partial charge on any atom is 0.278 e. The zero-order valence-corrected chi connectivity index (χ0v) is 10.8. The van der Waals surface area contributed by atoms with Crippen molar-refractivity contribution in [2.75, 3.05) is 11.2 Å². The van der Waals surface area contributed by atoms with Gasteiger partial charge in [-0.1, -0.05) is 12.1 Å². The number of phenolic OH excluding ortho intramolecular Hbond substituents is 1. The van der Waals surface area contributed by atoms with Crippen LogP contribution in [0.1, 0.15) is 5.56 Å². The molecular weight excluding hydrogens is 276 g/mol. The Labute approximate surface area is 117 Å². The summed E-state index contributed by atoms with van der Waals surface area (Å²) in [6.07, 6.45) is 0. The van der Waals surface area contributed by atoms with Gasteiger partial charge < -0.3 is 15.8 Å². The van der Waals surface area contributed by atoms with Crippen molar-refractivity contribution in [2.24, 2.45) is 0 Å². The summed E-state index contributed by atoms with van der Waals surface area (Å²) in [4.78, 5) is 29.8. The molecule has 0 fully saturated rings. The highest BCUT2D eigenvalue weighted by molar-refractivity contribution is 5.72. The van der Waals surface area contributed by atoms with Gasteiger partial charge in [-0.25, -0.2) is 5.48 Å². The van der Waals surface area contributed by atoms with Crippen molar-refractivity contribution in [3.05, 3.63) is 40.2 Å². The monoisotopic (exact) mass is 288 g/mol. The molecule has 1 aromatic carbocycles. The number of nitrogens with two attached hydrogens (primary N) is 1. The molecule has 0 atom stereocenters. The first kappa shape index (κ1) is 12.9. The van der Waals surface area contributed by atoms with Gasteiger partial charge in [0.2, 0.25) is 11.9 Å². The molecule has 0 unspecified atom stereocenters. The zero-order valence-electron chi connectivity index (χ0n) is 10.8. The lowest BCUT2D eigenvalue weighted by Gasteiger charge is -2.04. The van der Waals surface area contributed by atoms with Crippen molar-refractivity contribution >= 4 is 23.1 Å². The number of H-pyrrole nitrogens is 2. The van der Waals surface area contributed by atoms with Gasteiger partial charge in [-0.15, -0.1) is 0 Å². The summed E-state index contributed by atoms with van der Waals surface area (Å²) < 4.78 is 0. The van der Waals surface area contributed by atoms with Crippen molar-refractivity contribution in [1.29, 1.82) is 0 Å². The average molecular weight is 288 g/mol. The molecule has 0 aliphatic carbocycles. The van der Waals surface area contributed by atoms with Crippen LogP contribution in [0.2, 0.25) is 0 Å². The topological polar surface area (TPSA) is 142 Å². The first-order valence-electron chi connectivity index (χ1n) is 6.03. The van der Waals surface area contributed by atoms with Crippen LogP contribution in [0.25, 0.3) is 11.2 Å². The molecule has 0 bridgehead atoms. The van der Waals surface area contributed by atoms with E-state index in [1.165, 1.54) is 0 Å². The molecule has 2 aromatic heterocycles. The minimum absolute atomic E-state index is 0.00812. The number of aromatic amines is 2. The van der Waals surface area contributed by atoms with E-state index in [9.17, 15) is 9.90 Å². The number of nitrogen functional groups attached to an aromatic ring is 1. The molecule has 6 N–H and O–H groups in total. The Balaban J connectivity index is 1.71. The second-order valence-electron chi connectivity index (χ2n) is 4.30. The van der Waals surface area contributed by atoms with E-state index in [0.29, 0.717) is 0 Å². The molecule has 0 saturated carbocycles. The third-order valence-electron chi connectivity index (χ3n) is 2.70. The molecule has 0 radical (unpaired) electrons. The zero-order chi connectivity index (χ0) is 14.8. The van der Waals surface area contributed by atoms with Crippen LogP contribution in [0, 0.1) is 0 Å². The van der Waals surface area contributed by atoms with Gasteiger partial charge in [0, 0.05) is 0 Å². The van der Waals surface area contributed by atoms with Crippen LogP contribution in [0.4, 0.5) is 11.9 Å². The molecule has 3 rings (SSSR count). The first-order valence-corrected chi connectivity index (χ1v) is 6.03. The van der Waals surface area contributed by atoms with Crippen LogP contribution in [-0.4, -0.2) is 25.0 Å². The number of benzene rings is 1. The van der Waals surface area contributed by atoms with Crippen LogP contribution in [0.5, 0.6) is 5.75 Å². The fourth-order valence-electron chi connectivity index (χ4n) is 1.81. The quantitative estimate of drug-likeness (QED) is 0.439. The lowest BCUT2D eigenvalue weighted by Crippen LogP contribution is -2.10. The van der Waals surface area contributed by atoms with E-state index >= 15 is 0 Å². The van der Waals surface area contributed by atoms with Gasteiger partial charge in [0.05, 0.1) is 6.61 Å². The highest BCUT2D eigenvalue weighted by Crippen LogP contribution is 2.13. The lowest BCUT2D eigenvalue weighted by atomic mass is 10.2. The molecule has 21 heavy (non-hydrogen) atoms. The van der Waals surface area contributed by atoms with Crippen molar-refractivity contribution < 1.29 is 9.94 Å². The molecule has 2 heterocycles. The van der Waals surface area contributed by atoms with Gasteiger partial charge in [-0.3, -0.25) is 14.6 Å². The summed E-state index contributed by atoms with van der Waals surface area (Å²) >= 11 is 0. The Morgan fingerprint density at radius 1 is 1.33 bits per heavy atom. The van der Waals surface area contributed by atoms with Gasteiger partial charge in [-0.05, 0) is 17.7 Å². The van der Waals surface area contributed by atoms with E-state index in [-0.39, 0.29) is 35.4 Å². The summed E-state index contributed by atoms with van der Waals surface area (Å²) in [5.41, 5.74) is 8.76. The molecule has 108 valence electrons. The predicted molar refractivity (Wildman–Crippen MR) is 75.4 cm³/mol. The average Bonchev–Trinajstić information content (AvgIpc) is 2.82. The molecule has 0 aliphatic heterocycles. The van der Waals surface area contributed by atoms with Crippen LogP contribution >= 0.6 is 0 Å². The Bertz CT molecular complexity index is 840. The van der Waals surface area contributed by atoms with E-state index in [1.807, 2.05) is 0 Å². The molecule has 0 saturated heterocycles. The van der Waals surface area contributed by atoms with Gasteiger partial charge in [0.25, 0.3) is 5.56 Å². The number of aromatic hydroxyl groups is 1. The Morgan fingerprint density at radius 3 is 3.00 bits per heavy atom. The minimum atomic E-state index is -0.411. The number of fused-ring (bicyclic) bond motifs is 1. The predicted octanol–water partition coefficient (Wildman–Crippen LogP) is 0.478. The fraction of sp³-hybridized carbons (Fsp3) is 0.0833. The van der Waals surface area contributed by atoms with Crippen LogP contribution < -0.4 is 16.8 Å². The second kappa shape index (κ2) is 5.13. The summed E-state index contributed by atoms with van der Waals surface area (Å²) in [7, 11) is 0. The molecular formula is C12H12N6O3. The van der Waals surface area contributed by atoms with Crippen molar-refractivity contribution in [3.63, 3.8) is 0 Å². The van der Waals surface area contributed by atoms with Crippen molar-refractivity contribution in [2.45, 2.75) is 6.61 Å². The summed E-state index contributed by atoms with van der Waals surface area (Å²) in [5, 5.41) is 9.33. The standard InChI is InChI=1S/C12H12N6O3/c13-11-15-9-8(10(20)17-11)14-12(16-9)18-21-5-6-2-1-3-7(19)4-6/h1-4,19H,5H2,(H5,13,14,15,16,17,18,20). The number of nitrogens with one attached hydrogen (secondary N) is 3. The third kappa shape index (κ3) is 2.77. The number of imidazole rings is 1. The number of rotatable bonds is 4. The number of phenols is 1. The van der Waals surface area contributed by atoms with E-state index in [4.69, 9.17) is 10.6 Å². The Hall–Kier alpha value is -3.07. The van der Waals surface area contributed by atoms with E-state index < -0.39 is 5.56 Å². The van der Waals surface area contributed by atoms with Crippen molar-refractivity contribution in [3.8, 4) is 5.75 Å². The number of aromatic nitrogens is 4. The maximum atomic E-state index is 11.6. The van der Waals surface area contributed by atoms with E-state index in [1.54, 1.807) is 24.3 Å². The molecule has 0 aliphatic rings. The van der Waals surface area contributed by atoms with Gasteiger partial charge in [-0.2, -0.15) is 9.97 Å². The van der Waals surface area contributed by atoms with Crippen LogP contribution in [0.15, 0.2) is 29.1 Å². The van der Waals surface area contributed by atoms with Crippen LogP contribution in [0.3, 0.4) is 0 Å². The molecule has 0 amide bonds. The largest absolute Gasteiger partial charge is 0.508 e. The molecule has 9 heteroatoms. The second-order valence-corrected chi connectivity index (χ2v) is 4.30. The smallest absolute Gasteiger partial charge is 0.278 e. The Kier molecular flexibility index (Phi) is 3.16. The normalized spacial score (nSPS) is 10.9. The highest BCUT2D eigenvalue weighted by atomic mass is 16.6. The number of anilines is 2. The SMILES string of the molecule is Nc1nc2nc(NOCc3cccc(O)c3)[nH]c2c(=O)[nH]1. The fourth-order valence-corrected chi connectivity index (χ4v) is 1.81. The van der Waals surface area contributed by atoms with Gasteiger partial charge in [0.15, 0.2) is 11.2 Å². The van der Waals surface area contributed by atoms with Crippen molar-refractivity contribution in [1.82, 2.24) is 19.9 Å². The van der Waals surface area contributed by atoms with Gasteiger partial charge in [0.1, 0.15) is 5.75 Å². The van der Waals surface area contributed by atoms with E-state index in [0.717, 1.165) is 5.56 Å².